The molecule has 0 aromatic carbocycles. The van der Waals surface area contributed by atoms with Crippen LogP contribution in [0.4, 0.5) is 0 Å². The lowest BCUT2D eigenvalue weighted by Gasteiger charge is -2.26. The van der Waals surface area contributed by atoms with E-state index in [9.17, 15) is 4.79 Å². The van der Waals surface area contributed by atoms with Crippen molar-refractivity contribution in [3.63, 3.8) is 0 Å². The summed E-state index contributed by atoms with van der Waals surface area (Å²) in [6.07, 6.45) is 1.17. The maximum atomic E-state index is 10.6. The molecule has 0 bridgehead atoms. The Bertz CT molecular complexity index is 173. The Morgan fingerprint density at radius 2 is 2.13 bits per heavy atom. The fourth-order valence-electron chi connectivity index (χ4n) is 1.59. The zero-order valence-electron chi connectivity index (χ0n) is 10.0. The van der Waals surface area contributed by atoms with Gasteiger partial charge in [0.25, 0.3) is 0 Å². The van der Waals surface area contributed by atoms with Crippen molar-refractivity contribution in [1.29, 1.82) is 0 Å². The summed E-state index contributed by atoms with van der Waals surface area (Å²) in [5, 5.41) is 8.69. The fourth-order valence-corrected chi connectivity index (χ4v) is 1.59. The smallest absolute Gasteiger partial charge is 0.304 e. The van der Waals surface area contributed by atoms with Crippen LogP contribution in [0, 0.1) is 0 Å². The molecule has 0 aliphatic rings. The Labute approximate surface area is 92.2 Å². The summed E-state index contributed by atoms with van der Waals surface area (Å²) in [7, 11) is 0. The van der Waals surface area contributed by atoms with E-state index in [1.165, 1.54) is 0 Å². The molecule has 1 unspecified atom stereocenters. The summed E-state index contributed by atoms with van der Waals surface area (Å²) in [6, 6.07) is 0.106. The SMILES string of the molecule is CCOCCCN(CC)C(C)CC(=O)O. The zero-order valence-corrected chi connectivity index (χ0v) is 10.0. The maximum Gasteiger partial charge on any atom is 0.304 e. The monoisotopic (exact) mass is 217 g/mol. The van der Waals surface area contributed by atoms with Gasteiger partial charge in [-0.3, -0.25) is 4.79 Å². The summed E-state index contributed by atoms with van der Waals surface area (Å²) in [5.74, 6) is -0.731. The highest BCUT2D eigenvalue weighted by molar-refractivity contribution is 5.67. The second-order valence-corrected chi connectivity index (χ2v) is 3.63. The van der Waals surface area contributed by atoms with E-state index in [0.717, 1.165) is 32.7 Å². The van der Waals surface area contributed by atoms with Crippen LogP contribution in [0.15, 0.2) is 0 Å². The molecule has 0 aromatic heterocycles. The topological polar surface area (TPSA) is 49.8 Å². The Morgan fingerprint density at radius 1 is 1.47 bits per heavy atom. The molecule has 1 N–H and O–H groups in total. The molecule has 0 saturated carbocycles. The van der Waals surface area contributed by atoms with Gasteiger partial charge in [-0.15, -0.1) is 0 Å². The van der Waals surface area contributed by atoms with Crippen molar-refractivity contribution in [2.45, 2.75) is 39.7 Å². The van der Waals surface area contributed by atoms with Crippen molar-refractivity contribution < 1.29 is 14.6 Å². The minimum absolute atomic E-state index is 0.106. The van der Waals surface area contributed by atoms with Crippen LogP contribution in [0.3, 0.4) is 0 Å². The molecular formula is C11H23NO3. The van der Waals surface area contributed by atoms with Crippen molar-refractivity contribution in [3.8, 4) is 0 Å². The number of ether oxygens (including phenoxy) is 1. The number of carboxylic acids is 1. The van der Waals surface area contributed by atoms with Gasteiger partial charge in [0.2, 0.25) is 0 Å². The van der Waals surface area contributed by atoms with E-state index in [0.29, 0.717) is 0 Å². The summed E-state index contributed by atoms with van der Waals surface area (Å²) in [6.45, 7) is 9.29. The summed E-state index contributed by atoms with van der Waals surface area (Å²) in [5.41, 5.74) is 0. The Kier molecular flexibility index (Phi) is 8.33. The van der Waals surface area contributed by atoms with E-state index in [2.05, 4.69) is 11.8 Å². The van der Waals surface area contributed by atoms with Gasteiger partial charge >= 0.3 is 5.97 Å². The van der Waals surface area contributed by atoms with Gasteiger partial charge in [-0.25, -0.2) is 0 Å². The van der Waals surface area contributed by atoms with Crippen LogP contribution in [-0.2, 0) is 9.53 Å². The molecule has 0 amide bonds. The van der Waals surface area contributed by atoms with Crippen molar-refractivity contribution in [2.24, 2.45) is 0 Å². The van der Waals surface area contributed by atoms with Gasteiger partial charge in [0, 0.05) is 25.8 Å². The third kappa shape index (κ3) is 7.33. The lowest BCUT2D eigenvalue weighted by atomic mass is 10.2. The molecule has 15 heavy (non-hydrogen) atoms. The highest BCUT2D eigenvalue weighted by atomic mass is 16.5. The van der Waals surface area contributed by atoms with Crippen LogP contribution >= 0.6 is 0 Å². The summed E-state index contributed by atoms with van der Waals surface area (Å²) in [4.78, 5) is 12.7. The molecule has 0 heterocycles. The maximum absolute atomic E-state index is 10.6. The number of carboxylic acid groups (broad SMARTS) is 1. The highest BCUT2D eigenvalue weighted by Crippen LogP contribution is 2.04. The molecule has 0 saturated heterocycles. The molecule has 1 atom stereocenters. The highest BCUT2D eigenvalue weighted by Gasteiger charge is 2.14. The largest absolute Gasteiger partial charge is 0.481 e. The van der Waals surface area contributed by atoms with Gasteiger partial charge in [-0.1, -0.05) is 6.92 Å². The molecule has 4 nitrogen and oxygen atoms in total. The quantitative estimate of drug-likeness (QED) is 0.596. The molecule has 0 rings (SSSR count). The van der Waals surface area contributed by atoms with Gasteiger partial charge in [0.05, 0.1) is 6.42 Å². The predicted molar refractivity (Wildman–Crippen MR) is 60.1 cm³/mol. The number of hydrogen-bond acceptors (Lipinski definition) is 3. The van der Waals surface area contributed by atoms with Gasteiger partial charge in [0.1, 0.15) is 0 Å². The molecule has 90 valence electrons. The van der Waals surface area contributed by atoms with Crippen molar-refractivity contribution in [2.75, 3.05) is 26.3 Å². The first-order chi connectivity index (χ1) is 7.11. The molecule has 0 spiro atoms. The Morgan fingerprint density at radius 3 is 2.60 bits per heavy atom. The van der Waals surface area contributed by atoms with E-state index in [1.807, 2.05) is 13.8 Å². The van der Waals surface area contributed by atoms with E-state index >= 15 is 0 Å². The zero-order chi connectivity index (χ0) is 11.7. The molecule has 0 radical (unpaired) electrons. The van der Waals surface area contributed by atoms with Gasteiger partial charge < -0.3 is 14.7 Å². The van der Waals surface area contributed by atoms with Crippen molar-refractivity contribution in [3.05, 3.63) is 0 Å². The normalized spacial score (nSPS) is 13.1. The summed E-state index contributed by atoms with van der Waals surface area (Å²) < 4.78 is 5.25. The first-order valence-corrected chi connectivity index (χ1v) is 5.65. The summed E-state index contributed by atoms with van der Waals surface area (Å²) >= 11 is 0. The molecular weight excluding hydrogens is 194 g/mol. The van der Waals surface area contributed by atoms with E-state index < -0.39 is 5.97 Å². The third-order valence-electron chi connectivity index (χ3n) is 2.44. The number of nitrogens with zero attached hydrogens (tertiary/aromatic N) is 1. The second kappa shape index (κ2) is 8.68. The first-order valence-electron chi connectivity index (χ1n) is 5.65. The van der Waals surface area contributed by atoms with Crippen LogP contribution in [0.2, 0.25) is 0 Å². The van der Waals surface area contributed by atoms with Gasteiger partial charge in [-0.05, 0) is 26.8 Å². The van der Waals surface area contributed by atoms with Crippen LogP contribution in [-0.4, -0.2) is 48.3 Å². The number of rotatable bonds is 9. The number of hydrogen-bond donors (Lipinski definition) is 1. The first kappa shape index (κ1) is 14.4. The minimum Gasteiger partial charge on any atom is -0.481 e. The van der Waals surface area contributed by atoms with E-state index in [4.69, 9.17) is 9.84 Å². The molecule has 0 aliphatic carbocycles. The van der Waals surface area contributed by atoms with Crippen LogP contribution in [0.1, 0.15) is 33.6 Å². The van der Waals surface area contributed by atoms with Crippen LogP contribution < -0.4 is 0 Å². The Balaban J connectivity index is 3.74. The predicted octanol–water partition coefficient (Wildman–Crippen LogP) is 1.60. The van der Waals surface area contributed by atoms with Crippen molar-refractivity contribution >= 4 is 5.97 Å². The third-order valence-corrected chi connectivity index (χ3v) is 2.44. The lowest BCUT2D eigenvalue weighted by Crippen LogP contribution is -2.35. The Hall–Kier alpha value is -0.610. The van der Waals surface area contributed by atoms with E-state index in [-0.39, 0.29) is 12.5 Å². The lowest BCUT2D eigenvalue weighted by molar-refractivity contribution is -0.138. The molecule has 0 aromatic rings. The van der Waals surface area contributed by atoms with Crippen LogP contribution in [0.5, 0.6) is 0 Å². The van der Waals surface area contributed by atoms with Gasteiger partial charge in [0.15, 0.2) is 0 Å². The molecule has 0 aliphatic heterocycles. The fraction of sp³-hybridized carbons (Fsp3) is 0.909. The number of aliphatic carboxylic acids is 1. The minimum atomic E-state index is -0.731. The molecule has 0 fully saturated rings. The molecule has 4 heteroatoms. The second-order valence-electron chi connectivity index (χ2n) is 3.63. The van der Waals surface area contributed by atoms with Gasteiger partial charge in [-0.2, -0.15) is 0 Å². The standard InChI is InChI=1S/C11H23NO3/c1-4-12(7-6-8-15-5-2)10(3)9-11(13)14/h10H,4-9H2,1-3H3,(H,13,14). The average Bonchev–Trinajstić information content (AvgIpc) is 2.16. The van der Waals surface area contributed by atoms with Crippen LogP contribution in [0.25, 0.3) is 0 Å². The average molecular weight is 217 g/mol. The van der Waals surface area contributed by atoms with E-state index in [1.54, 1.807) is 0 Å². The number of carbonyl (C=O) groups is 1. The van der Waals surface area contributed by atoms with Crippen molar-refractivity contribution in [1.82, 2.24) is 4.90 Å².